The molecule has 2 rings (SSSR count). The van der Waals surface area contributed by atoms with Gasteiger partial charge in [-0.3, -0.25) is 4.79 Å². The second-order valence-electron chi connectivity index (χ2n) is 5.08. The SMILES string of the molecule is CCOc1ccc([C@H](COC)NC(=O)[C@H]2CCOC2)cc1. The number of benzene rings is 1. The van der Waals surface area contributed by atoms with E-state index in [4.69, 9.17) is 14.2 Å². The van der Waals surface area contributed by atoms with Crippen LogP contribution in [-0.4, -0.2) is 39.4 Å². The van der Waals surface area contributed by atoms with Crippen LogP contribution in [0.15, 0.2) is 24.3 Å². The molecular formula is C16H23NO4. The number of ether oxygens (including phenoxy) is 3. The Labute approximate surface area is 125 Å². The lowest BCUT2D eigenvalue weighted by Gasteiger charge is -2.20. The van der Waals surface area contributed by atoms with Crippen molar-refractivity contribution in [3.63, 3.8) is 0 Å². The van der Waals surface area contributed by atoms with Crippen LogP contribution in [0, 0.1) is 5.92 Å². The maximum Gasteiger partial charge on any atom is 0.226 e. The lowest BCUT2D eigenvalue weighted by atomic mass is 10.0. The Morgan fingerprint density at radius 2 is 2.19 bits per heavy atom. The van der Waals surface area contributed by atoms with Crippen LogP contribution < -0.4 is 10.1 Å². The van der Waals surface area contributed by atoms with Crippen LogP contribution in [0.2, 0.25) is 0 Å². The van der Waals surface area contributed by atoms with Crippen molar-refractivity contribution < 1.29 is 19.0 Å². The van der Waals surface area contributed by atoms with Crippen molar-refractivity contribution in [2.24, 2.45) is 5.92 Å². The standard InChI is InChI=1S/C16H23NO4/c1-3-21-14-6-4-12(5-7-14)15(11-19-2)17-16(18)13-8-9-20-10-13/h4-7,13,15H,3,8-11H2,1-2H3,(H,17,18)/t13-,15-/m0/s1. The average molecular weight is 293 g/mol. The van der Waals surface area contributed by atoms with Gasteiger partial charge in [0, 0.05) is 13.7 Å². The van der Waals surface area contributed by atoms with E-state index in [1.54, 1.807) is 7.11 Å². The van der Waals surface area contributed by atoms with E-state index in [1.165, 1.54) is 0 Å². The second-order valence-corrected chi connectivity index (χ2v) is 5.08. The van der Waals surface area contributed by atoms with E-state index in [9.17, 15) is 4.79 Å². The average Bonchev–Trinajstić information content (AvgIpc) is 3.02. The van der Waals surface area contributed by atoms with Crippen LogP contribution in [0.4, 0.5) is 0 Å². The smallest absolute Gasteiger partial charge is 0.226 e. The lowest BCUT2D eigenvalue weighted by Crippen LogP contribution is -2.36. The Hall–Kier alpha value is -1.59. The largest absolute Gasteiger partial charge is 0.494 e. The van der Waals surface area contributed by atoms with E-state index >= 15 is 0 Å². The summed E-state index contributed by atoms with van der Waals surface area (Å²) in [6.45, 7) is 4.20. The molecule has 0 bridgehead atoms. The van der Waals surface area contributed by atoms with Crippen molar-refractivity contribution in [1.29, 1.82) is 0 Å². The van der Waals surface area contributed by atoms with E-state index in [2.05, 4.69) is 5.32 Å². The first kappa shape index (κ1) is 15.8. The molecule has 0 saturated carbocycles. The second kappa shape index (κ2) is 8.00. The fraction of sp³-hybridized carbons (Fsp3) is 0.562. The van der Waals surface area contributed by atoms with Gasteiger partial charge < -0.3 is 19.5 Å². The van der Waals surface area contributed by atoms with E-state index in [0.717, 1.165) is 17.7 Å². The molecule has 1 aromatic carbocycles. The number of nitrogens with one attached hydrogen (secondary N) is 1. The van der Waals surface area contributed by atoms with Gasteiger partial charge in [0.2, 0.25) is 5.91 Å². The molecule has 0 spiro atoms. The lowest BCUT2D eigenvalue weighted by molar-refractivity contribution is -0.126. The molecule has 0 radical (unpaired) electrons. The van der Waals surface area contributed by atoms with Crippen molar-refractivity contribution >= 4 is 5.91 Å². The van der Waals surface area contributed by atoms with Gasteiger partial charge in [0.1, 0.15) is 5.75 Å². The molecule has 1 aliphatic heterocycles. The zero-order valence-electron chi connectivity index (χ0n) is 12.6. The van der Waals surface area contributed by atoms with Crippen LogP contribution in [0.1, 0.15) is 24.9 Å². The van der Waals surface area contributed by atoms with Crippen LogP contribution >= 0.6 is 0 Å². The minimum absolute atomic E-state index is 0.0310. The number of rotatable bonds is 7. The summed E-state index contributed by atoms with van der Waals surface area (Å²) >= 11 is 0. The van der Waals surface area contributed by atoms with Crippen molar-refractivity contribution in [2.75, 3.05) is 33.5 Å². The molecule has 2 atom stereocenters. The first-order chi connectivity index (χ1) is 10.2. The van der Waals surface area contributed by atoms with Gasteiger partial charge in [-0.15, -0.1) is 0 Å². The maximum atomic E-state index is 12.2. The van der Waals surface area contributed by atoms with E-state index in [-0.39, 0.29) is 17.9 Å². The van der Waals surface area contributed by atoms with Gasteiger partial charge in [0.25, 0.3) is 0 Å². The Morgan fingerprint density at radius 3 is 2.76 bits per heavy atom. The summed E-state index contributed by atoms with van der Waals surface area (Å²) in [5.74, 6) is 0.809. The number of carbonyl (C=O) groups is 1. The molecule has 1 N–H and O–H groups in total. The number of hydrogen-bond donors (Lipinski definition) is 1. The van der Waals surface area contributed by atoms with Crippen molar-refractivity contribution in [3.8, 4) is 5.75 Å². The molecule has 5 heteroatoms. The normalized spacial score (nSPS) is 19.2. The Bertz CT molecular complexity index is 440. The van der Waals surface area contributed by atoms with Crippen molar-refractivity contribution in [3.05, 3.63) is 29.8 Å². The van der Waals surface area contributed by atoms with Crippen molar-refractivity contribution in [1.82, 2.24) is 5.32 Å². The molecular weight excluding hydrogens is 270 g/mol. The molecule has 1 fully saturated rings. The number of hydrogen-bond acceptors (Lipinski definition) is 4. The summed E-state index contributed by atoms with van der Waals surface area (Å²) in [5.41, 5.74) is 1.01. The summed E-state index contributed by atoms with van der Waals surface area (Å²) in [6.07, 6.45) is 0.787. The number of carbonyl (C=O) groups excluding carboxylic acids is 1. The quantitative estimate of drug-likeness (QED) is 0.834. The molecule has 1 heterocycles. The zero-order chi connectivity index (χ0) is 15.1. The molecule has 0 unspecified atom stereocenters. The molecule has 0 aromatic heterocycles. The summed E-state index contributed by atoms with van der Waals surface area (Å²) in [5, 5.41) is 3.04. The molecule has 116 valence electrons. The molecule has 5 nitrogen and oxygen atoms in total. The highest BCUT2D eigenvalue weighted by Gasteiger charge is 2.26. The van der Waals surface area contributed by atoms with Gasteiger partial charge in [-0.1, -0.05) is 12.1 Å². The third-order valence-electron chi connectivity index (χ3n) is 3.54. The highest BCUT2D eigenvalue weighted by molar-refractivity contribution is 5.79. The molecule has 1 amide bonds. The number of amides is 1. The first-order valence-electron chi connectivity index (χ1n) is 7.34. The molecule has 1 saturated heterocycles. The van der Waals surface area contributed by atoms with E-state index < -0.39 is 0 Å². The Kier molecular flexibility index (Phi) is 6.02. The highest BCUT2D eigenvalue weighted by Crippen LogP contribution is 2.20. The van der Waals surface area contributed by atoms with Crippen LogP contribution in [0.3, 0.4) is 0 Å². The highest BCUT2D eigenvalue weighted by atomic mass is 16.5. The van der Waals surface area contributed by atoms with E-state index in [0.29, 0.717) is 26.4 Å². The van der Waals surface area contributed by atoms with Gasteiger partial charge in [-0.25, -0.2) is 0 Å². The predicted molar refractivity (Wildman–Crippen MR) is 79.3 cm³/mol. The summed E-state index contributed by atoms with van der Waals surface area (Å²) in [4.78, 5) is 12.2. The van der Waals surface area contributed by atoms with Crippen molar-refractivity contribution in [2.45, 2.75) is 19.4 Å². The minimum atomic E-state index is -0.154. The fourth-order valence-electron chi connectivity index (χ4n) is 2.38. The van der Waals surface area contributed by atoms with Crippen LogP contribution in [0.5, 0.6) is 5.75 Å². The topological polar surface area (TPSA) is 56.8 Å². The molecule has 0 aliphatic carbocycles. The summed E-state index contributed by atoms with van der Waals surface area (Å²) in [6, 6.07) is 7.58. The van der Waals surface area contributed by atoms with Crippen LogP contribution in [-0.2, 0) is 14.3 Å². The molecule has 1 aliphatic rings. The van der Waals surface area contributed by atoms with E-state index in [1.807, 2.05) is 31.2 Å². The van der Waals surface area contributed by atoms with Gasteiger partial charge >= 0.3 is 0 Å². The Balaban J connectivity index is 2.01. The third kappa shape index (κ3) is 4.44. The number of methoxy groups -OCH3 is 1. The van der Waals surface area contributed by atoms with Gasteiger partial charge in [-0.2, -0.15) is 0 Å². The monoisotopic (exact) mass is 293 g/mol. The predicted octanol–water partition coefficient (Wildman–Crippen LogP) is 1.93. The van der Waals surface area contributed by atoms with Crippen LogP contribution in [0.25, 0.3) is 0 Å². The summed E-state index contributed by atoms with van der Waals surface area (Å²) in [7, 11) is 1.63. The fourth-order valence-corrected chi connectivity index (χ4v) is 2.38. The maximum absolute atomic E-state index is 12.2. The van der Waals surface area contributed by atoms with Gasteiger partial charge in [0.15, 0.2) is 0 Å². The minimum Gasteiger partial charge on any atom is -0.494 e. The molecule has 21 heavy (non-hydrogen) atoms. The zero-order valence-corrected chi connectivity index (χ0v) is 12.6. The van der Waals surface area contributed by atoms with Gasteiger partial charge in [-0.05, 0) is 31.0 Å². The Morgan fingerprint density at radius 1 is 1.43 bits per heavy atom. The summed E-state index contributed by atoms with van der Waals surface area (Å²) < 4.78 is 15.9. The third-order valence-corrected chi connectivity index (χ3v) is 3.54. The van der Waals surface area contributed by atoms with Gasteiger partial charge in [0.05, 0.1) is 31.8 Å². The first-order valence-corrected chi connectivity index (χ1v) is 7.34. The molecule has 1 aromatic rings.